The van der Waals surface area contributed by atoms with Gasteiger partial charge >= 0.3 is 6.18 Å². The zero-order valence-corrected chi connectivity index (χ0v) is 22.6. The van der Waals surface area contributed by atoms with Gasteiger partial charge in [0, 0.05) is 19.0 Å². The Morgan fingerprint density at radius 2 is 1.84 bits per heavy atom. The molecule has 0 spiro atoms. The number of piperidine rings is 1. The number of rotatable bonds is 8. The molecule has 2 heterocycles. The molecule has 3 rings (SSSR count). The number of hydrogen-bond acceptors (Lipinski definition) is 5. The number of carbonyl (C=O) groups excluding carboxylic acids is 1. The lowest BCUT2D eigenvalue weighted by Gasteiger charge is -2.32. The first-order valence-electron chi connectivity index (χ1n) is 12.6. The molecule has 2 aliphatic rings. The summed E-state index contributed by atoms with van der Waals surface area (Å²) in [5, 5.41) is 2.56. The van der Waals surface area contributed by atoms with Crippen molar-refractivity contribution in [3.8, 4) is 11.8 Å². The van der Waals surface area contributed by atoms with Crippen molar-refractivity contribution in [2.75, 3.05) is 39.3 Å². The Kier molecular flexibility index (Phi) is 10.4. The first-order valence-corrected chi connectivity index (χ1v) is 13.5. The number of aliphatic imine (C=N–C) groups is 1. The van der Waals surface area contributed by atoms with Gasteiger partial charge in [0.25, 0.3) is 11.2 Å². The molecule has 1 amide bonds. The molecule has 2 aliphatic heterocycles. The van der Waals surface area contributed by atoms with Crippen molar-refractivity contribution < 1.29 is 26.7 Å². The number of nitrogens with one attached hydrogen (secondary N) is 1. The van der Waals surface area contributed by atoms with Crippen LogP contribution >= 0.6 is 11.8 Å². The summed E-state index contributed by atoms with van der Waals surface area (Å²) in [6.45, 7) is 8.92. The van der Waals surface area contributed by atoms with Crippen LogP contribution in [0.25, 0.3) is 0 Å². The summed E-state index contributed by atoms with van der Waals surface area (Å²) in [6, 6.07) is 2.57. The van der Waals surface area contributed by atoms with E-state index in [0.717, 1.165) is 54.7 Å². The third kappa shape index (κ3) is 8.55. The lowest BCUT2D eigenvalue weighted by atomic mass is 9.94. The molecule has 38 heavy (non-hydrogen) atoms. The van der Waals surface area contributed by atoms with Crippen molar-refractivity contribution in [1.29, 1.82) is 0 Å². The Labute approximate surface area is 224 Å². The van der Waals surface area contributed by atoms with Gasteiger partial charge in [0.05, 0.1) is 17.0 Å². The number of alkyl halides is 5. The highest BCUT2D eigenvalue weighted by Crippen LogP contribution is 2.37. The SMILES string of the molecule is CCN(CC)CC#CCN=C1NC(=O)SC1=CC1CCN(Cc2ccc(C(F)(F)F)cc2C(C)(F)F)CC1. The molecule has 0 saturated carbocycles. The van der Waals surface area contributed by atoms with E-state index in [0.29, 0.717) is 38.5 Å². The second-order valence-electron chi connectivity index (χ2n) is 9.40. The van der Waals surface area contributed by atoms with Gasteiger partial charge in [-0.3, -0.25) is 19.6 Å². The van der Waals surface area contributed by atoms with Crippen LogP contribution in [0.2, 0.25) is 0 Å². The number of halogens is 5. The van der Waals surface area contributed by atoms with Crippen molar-refractivity contribution in [2.45, 2.75) is 52.3 Å². The van der Waals surface area contributed by atoms with E-state index in [1.54, 1.807) is 0 Å². The molecular weight excluding hydrogens is 523 g/mol. The fraction of sp³-hybridized carbons (Fsp3) is 0.556. The standard InChI is InChI=1S/C27H33F5N4OS/c1-4-35(5-2)13-7-6-12-33-24-23(38-25(37)34-24)16-19-10-14-36(15-11-19)18-20-8-9-21(27(30,31)32)17-22(20)26(3,28)29/h8-9,16-17,19H,4-5,10-15,18H2,1-3H3,(H,33,34,37). The molecule has 2 fully saturated rings. The Morgan fingerprint density at radius 1 is 1.16 bits per heavy atom. The highest BCUT2D eigenvalue weighted by molar-refractivity contribution is 8.18. The molecule has 0 unspecified atom stereocenters. The number of nitrogens with zero attached hydrogens (tertiary/aromatic N) is 3. The molecular formula is C27H33F5N4OS. The zero-order chi connectivity index (χ0) is 27.9. The summed E-state index contributed by atoms with van der Waals surface area (Å²) in [5.41, 5.74) is -1.47. The topological polar surface area (TPSA) is 47.9 Å². The smallest absolute Gasteiger partial charge is 0.300 e. The number of benzene rings is 1. The second kappa shape index (κ2) is 13.1. The first-order chi connectivity index (χ1) is 17.9. The fourth-order valence-corrected chi connectivity index (χ4v) is 5.20. The number of likely N-dealkylation sites (tertiary alicyclic amines) is 1. The molecule has 0 aliphatic carbocycles. The lowest BCUT2D eigenvalue weighted by molar-refractivity contribution is -0.137. The van der Waals surface area contributed by atoms with E-state index in [-0.39, 0.29) is 29.8 Å². The molecule has 1 aromatic rings. The van der Waals surface area contributed by atoms with E-state index in [4.69, 9.17) is 0 Å². The van der Waals surface area contributed by atoms with Crippen molar-refractivity contribution in [3.63, 3.8) is 0 Å². The third-order valence-electron chi connectivity index (χ3n) is 6.62. The molecule has 2 saturated heterocycles. The minimum atomic E-state index is -4.68. The second-order valence-corrected chi connectivity index (χ2v) is 10.4. The maximum atomic E-state index is 14.1. The maximum Gasteiger partial charge on any atom is 0.416 e. The van der Waals surface area contributed by atoms with Crippen LogP contribution in [-0.4, -0.2) is 60.1 Å². The van der Waals surface area contributed by atoms with Crippen molar-refractivity contribution in [2.24, 2.45) is 10.9 Å². The number of carbonyl (C=O) groups is 1. The molecule has 0 radical (unpaired) electrons. The van der Waals surface area contributed by atoms with E-state index in [1.807, 2.05) is 11.0 Å². The quantitative estimate of drug-likeness (QED) is 0.310. The van der Waals surface area contributed by atoms with Crippen LogP contribution in [0.3, 0.4) is 0 Å². The van der Waals surface area contributed by atoms with Gasteiger partial charge in [0.2, 0.25) is 0 Å². The lowest BCUT2D eigenvalue weighted by Crippen LogP contribution is -2.33. The Bertz CT molecular complexity index is 1110. The summed E-state index contributed by atoms with van der Waals surface area (Å²) in [7, 11) is 0. The third-order valence-corrected chi connectivity index (χ3v) is 7.46. The summed E-state index contributed by atoms with van der Waals surface area (Å²) < 4.78 is 67.5. The molecule has 0 aromatic heterocycles. The van der Waals surface area contributed by atoms with E-state index < -0.39 is 23.2 Å². The van der Waals surface area contributed by atoms with Gasteiger partial charge < -0.3 is 5.32 Å². The maximum absolute atomic E-state index is 14.1. The fourth-order valence-electron chi connectivity index (χ4n) is 4.38. The van der Waals surface area contributed by atoms with Crippen LogP contribution < -0.4 is 5.32 Å². The van der Waals surface area contributed by atoms with Crippen LogP contribution in [0, 0.1) is 17.8 Å². The molecule has 208 valence electrons. The number of allylic oxidation sites excluding steroid dienone is 1. The van der Waals surface area contributed by atoms with Gasteiger partial charge in [-0.2, -0.15) is 13.2 Å². The van der Waals surface area contributed by atoms with Crippen molar-refractivity contribution >= 4 is 22.8 Å². The van der Waals surface area contributed by atoms with E-state index >= 15 is 0 Å². The Balaban J connectivity index is 1.61. The number of amides is 1. The Morgan fingerprint density at radius 3 is 2.45 bits per heavy atom. The van der Waals surface area contributed by atoms with Gasteiger partial charge in [-0.25, -0.2) is 8.78 Å². The molecule has 0 atom stereocenters. The monoisotopic (exact) mass is 556 g/mol. The van der Waals surface area contributed by atoms with Crippen LogP contribution in [-0.2, 0) is 18.6 Å². The van der Waals surface area contributed by atoms with Crippen LogP contribution in [0.1, 0.15) is 50.3 Å². The van der Waals surface area contributed by atoms with Gasteiger partial charge in [-0.1, -0.05) is 37.8 Å². The predicted molar refractivity (Wildman–Crippen MR) is 141 cm³/mol. The average molecular weight is 557 g/mol. The minimum absolute atomic E-state index is 0.147. The Hall–Kier alpha value is -2.42. The van der Waals surface area contributed by atoms with Crippen LogP contribution in [0.4, 0.5) is 26.7 Å². The van der Waals surface area contributed by atoms with Gasteiger partial charge in [0.15, 0.2) is 0 Å². The average Bonchev–Trinajstić information content (AvgIpc) is 3.20. The summed E-state index contributed by atoms with van der Waals surface area (Å²) in [6.07, 6.45) is -1.20. The highest BCUT2D eigenvalue weighted by Gasteiger charge is 2.35. The van der Waals surface area contributed by atoms with Crippen molar-refractivity contribution in [1.82, 2.24) is 15.1 Å². The van der Waals surface area contributed by atoms with E-state index in [2.05, 4.69) is 40.9 Å². The normalized spacial score (nSPS) is 19.8. The predicted octanol–water partition coefficient (Wildman–Crippen LogP) is 6.11. The van der Waals surface area contributed by atoms with E-state index in [9.17, 15) is 26.7 Å². The molecule has 1 N–H and O–H groups in total. The van der Waals surface area contributed by atoms with Crippen molar-refractivity contribution in [3.05, 3.63) is 45.9 Å². The highest BCUT2D eigenvalue weighted by atomic mass is 32.2. The van der Waals surface area contributed by atoms with E-state index in [1.165, 1.54) is 0 Å². The molecule has 1 aromatic carbocycles. The summed E-state index contributed by atoms with van der Waals surface area (Å²) in [4.78, 5) is 21.3. The molecule has 5 nitrogen and oxygen atoms in total. The number of hydrogen-bond donors (Lipinski definition) is 1. The number of thioether (sulfide) groups is 1. The summed E-state index contributed by atoms with van der Waals surface area (Å²) >= 11 is 1.09. The van der Waals surface area contributed by atoms with Gasteiger partial charge in [0.1, 0.15) is 12.4 Å². The minimum Gasteiger partial charge on any atom is -0.300 e. The van der Waals surface area contributed by atoms with Crippen LogP contribution in [0.5, 0.6) is 0 Å². The largest absolute Gasteiger partial charge is 0.416 e. The first kappa shape index (κ1) is 30.1. The van der Waals surface area contributed by atoms with Gasteiger partial charge in [-0.05, 0) is 74.4 Å². The summed E-state index contributed by atoms with van der Waals surface area (Å²) in [5.74, 6) is 3.40. The van der Waals surface area contributed by atoms with Gasteiger partial charge in [-0.15, -0.1) is 0 Å². The molecule has 11 heteroatoms. The molecule has 0 bridgehead atoms. The number of amidine groups is 1. The zero-order valence-electron chi connectivity index (χ0n) is 21.8. The van der Waals surface area contributed by atoms with Crippen LogP contribution in [0.15, 0.2) is 34.2 Å².